The molecule has 4 aromatic carbocycles. The number of ketones is 1. The molecule has 0 bridgehead atoms. The van der Waals surface area contributed by atoms with E-state index in [4.69, 9.17) is 16.3 Å². The zero-order valence-corrected chi connectivity index (χ0v) is 24.1. The molecule has 1 N–H and O–H groups in total. The molecule has 0 saturated heterocycles. The van der Waals surface area contributed by atoms with Crippen molar-refractivity contribution < 1.29 is 22.7 Å². The molecule has 40 heavy (non-hydrogen) atoms. The summed E-state index contributed by atoms with van der Waals surface area (Å²) in [5.74, 6) is -0.812. The summed E-state index contributed by atoms with van der Waals surface area (Å²) in [6.07, 6.45) is 0. The van der Waals surface area contributed by atoms with E-state index in [-0.39, 0.29) is 27.7 Å². The van der Waals surface area contributed by atoms with E-state index in [1.165, 1.54) is 25.3 Å². The highest BCUT2D eigenvalue weighted by Gasteiger charge is 2.31. The Morgan fingerprint density at radius 1 is 0.875 bits per heavy atom. The molecule has 0 radical (unpaired) electrons. The second-order valence-corrected chi connectivity index (χ2v) is 11.6. The van der Waals surface area contributed by atoms with E-state index >= 15 is 0 Å². The van der Waals surface area contributed by atoms with E-state index in [0.29, 0.717) is 21.8 Å². The molecule has 0 unspecified atom stereocenters. The van der Waals surface area contributed by atoms with Gasteiger partial charge >= 0.3 is 0 Å². The van der Waals surface area contributed by atoms with Gasteiger partial charge in [0.2, 0.25) is 5.91 Å². The first-order valence-electron chi connectivity index (χ1n) is 12.4. The van der Waals surface area contributed by atoms with Crippen LogP contribution in [0.25, 0.3) is 0 Å². The van der Waals surface area contributed by atoms with Crippen LogP contribution in [0.15, 0.2) is 89.8 Å². The fourth-order valence-corrected chi connectivity index (χ4v) is 6.01. The van der Waals surface area contributed by atoms with E-state index in [1.807, 2.05) is 13.8 Å². The number of rotatable bonds is 9. The second kappa shape index (κ2) is 11.9. The molecule has 206 valence electrons. The van der Waals surface area contributed by atoms with Crippen molar-refractivity contribution >= 4 is 44.7 Å². The maximum Gasteiger partial charge on any atom is 0.268 e. The lowest BCUT2D eigenvalue weighted by molar-refractivity contribution is -0.114. The second-order valence-electron chi connectivity index (χ2n) is 9.37. The summed E-state index contributed by atoms with van der Waals surface area (Å²) in [5.41, 5.74) is 3.70. The molecular formula is C31H29ClN2O5S. The third-order valence-corrected chi connectivity index (χ3v) is 8.52. The predicted octanol–water partition coefficient (Wildman–Crippen LogP) is 6.34. The Labute approximate surface area is 239 Å². The lowest BCUT2D eigenvalue weighted by atomic mass is 10.0. The minimum atomic E-state index is -4.25. The Morgan fingerprint density at radius 3 is 2.27 bits per heavy atom. The minimum Gasteiger partial charge on any atom is -0.495 e. The highest BCUT2D eigenvalue weighted by molar-refractivity contribution is 7.93. The Kier molecular flexibility index (Phi) is 8.61. The number of ether oxygens (including phenoxy) is 1. The van der Waals surface area contributed by atoms with Crippen molar-refractivity contribution in [1.29, 1.82) is 0 Å². The molecule has 7 nitrogen and oxygen atoms in total. The maximum atomic E-state index is 14.0. The van der Waals surface area contributed by atoms with Crippen LogP contribution in [-0.2, 0) is 14.8 Å². The van der Waals surface area contributed by atoms with Crippen LogP contribution in [0.3, 0.4) is 0 Å². The lowest BCUT2D eigenvalue weighted by Crippen LogP contribution is -2.38. The number of carbonyl (C=O) groups excluding carboxylic acids is 2. The normalized spacial score (nSPS) is 11.1. The first-order chi connectivity index (χ1) is 19.0. The van der Waals surface area contributed by atoms with Crippen LogP contribution in [0.5, 0.6) is 5.75 Å². The molecule has 1 amide bonds. The fraction of sp³-hybridized carbons (Fsp3) is 0.161. The Bertz CT molecular complexity index is 1690. The van der Waals surface area contributed by atoms with Gasteiger partial charge in [0.15, 0.2) is 5.78 Å². The molecular weight excluding hydrogens is 548 g/mol. The maximum absolute atomic E-state index is 14.0. The Balaban J connectivity index is 1.74. The summed E-state index contributed by atoms with van der Waals surface area (Å²) in [6.45, 7) is 5.01. The van der Waals surface area contributed by atoms with Gasteiger partial charge in [0.05, 0.1) is 18.5 Å². The number of aryl methyl sites for hydroxylation is 3. The van der Waals surface area contributed by atoms with Crippen LogP contribution in [-0.4, -0.2) is 33.8 Å². The predicted molar refractivity (Wildman–Crippen MR) is 158 cm³/mol. The van der Waals surface area contributed by atoms with E-state index in [0.717, 1.165) is 15.4 Å². The van der Waals surface area contributed by atoms with Gasteiger partial charge in [-0.05, 0) is 79.9 Å². The van der Waals surface area contributed by atoms with Gasteiger partial charge in [-0.1, -0.05) is 54.1 Å². The van der Waals surface area contributed by atoms with E-state index in [9.17, 15) is 18.0 Å². The van der Waals surface area contributed by atoms with Crippen LogP contribution >= 0.6 is 11.6 Å². The molecule has 0 heterocycles. The molecule has 0 saturated carbocycles. The summed E-state index contributed by atoms with van der Waals surface area (Å²) in [5, 5.41) is 3.04. The van der Waals surface area contributed by atoms with Crippen molar-refractivity contribution in [3.63, 3.8) is 0 Å². The molecule has 0 aliphatic rings. The van der Waals surface area contributed by atoms with Crippen molar-refractivity contribution in [2.24, 2.45) is 0 Å². The third kappa shape index (κ3) is 6.19. The number of anilines is 2. The number of halogens is 1. The third-order valence-electron chi connectivity index (χ3n) is 6.49. The van der Waals surface area contributed by atoms with Crippen LogP contribution in [0.1, 0.15) is 32.6 Å². The van der Waals surface area contributed by atoms with Gasteiger partial charge in [0, 0.05) is 16.1 Å². The number of nitrogens with one attached hydrogen (secondary N) is 1. The van der Waals surface area contributed by atoms with Crippen molar-refractivity contribution in [3.8, 4) is 5.75 Å². The molecule has 4 aromatic rings. The first-order valence-corrected chi connectivity index (χ1v) is 14.3. The summed E-state index contributed by atoms with van der Waals surface area (Å²) in [6, 6.07) is 23.2. The van der Waals surface area contributed by atoms with Gasteiger partial charge in [-0.2, -0.15) is 0 Å². The molecule has 0 aliphatic carbocycles. The first kappa shape index (κ1) is 28.9. The quantitative estimate of drug-likeness (QED) is 0.235. The molecule has 9 heteroatoms. The number of carbonyl (C=O) groups is 2. The summed E-state index contributed by atoms with van der Waals surface area (Å²) in [4.78, 5) is 26.6. The van der Waals surface area contributed by atoms with Gasteiger partial charge in [-0.3, -0.25) is 13.9 Å². The molecule has 0 spiro atoms. The Morgan fingerprint density at radius 2 is 1.60 bits per heavy atom. The summed E-state index contributed by atoms with van der Waals surface area (Å²) >= 11 is 6.18. The van der Waals surface area contributed by atoms with Crippen LogP contribution in [0.4, 0.5) is 11.4 Å². The number of amides is 1. The largest absolute Gasteiger partial charge is 0.495 e. The number of benzene rings is 4. The van der Waals surface area contributed by atoms with Crippen LogP contribution in [0.2, 0.25) is 5.02 Å². The van der Waals surface area contributed by atoms with Gasteiger partial charge in [0.25, 0.3) is 10.0 Å². The Hall–Kier alpha value is -4.14. The molecule has 0 fully saturated rings. The smallest absolute Gasteiger partial charge is 0.268 e. The van der Waals surface area contributed by atoms with Crippen molar-refractivity contribution in [2.75, 3.05) is 23.3 Å². The molecule has 0 aliphatic heterocycles. The van der Waals surface area contributed by atoms with E-state index in [2.05, 4.69) is 5.32 Å². The van der Waals surface area contributed by atoms with Gasteiger partial charge < -0.3 is 10.1 Å². The summed E-state index contributed by atoms with van der Waals surface area (Å²) in [7, 11) is -2.86. The zero-order valence-electron chi connectivity index (χ0n) is 22.6. The van der Waals surface area contributed by atoms with Crippen molar-refractivity contribution in [1.82, 2.24) is 0 Å². The summed E-state index contributed by atoms with van der Waals surface area (Å²) < 4.78 is 34.5. The monoisotopic (exact) mass is 576 g/mol. The van der Waals surface area contributed by atoms with Gasteiger partial charge in [0.1, 0.15) is 17.2 Å². The van der Waals surface area contributed by atoms with E-state index in [1.54, 1.807) is 73.7 Å². The lowest BCUT2D eigenvalue weighted by Gasteiger charge is -2.26. The standard InChI is InChI=1S/C31H29ClN2O5S/c1-20-10-15-28(39-4)29(16-20)40(37,38)34(25-13-11-21(2)22(3)17-25)19-30(35)33-27-14-12-24(32)18-26(27)31(36)23-8-6-5-7-9-23/h5-18H,19H2,1-4H3,(H,33,35). The number of nitrogens with zero attached hydrogens (tertiary/aromatic N) is 1. The number of hydrogen-bond acceptors (Lipinski definition) is 5. The zero-order chi connectivity index (χ0) is 29.0. The van der Waals surface area contributed by atoms with Crippen molar-refractivity contribution in [3.05, 3.63) is 118 Å². The highest BCUT2D eigenvalue weighted by Crippen LogP contribution is 2.32. The topological polar surface area (TPSA) is 92.8 Å². The molecule has 0 atom stereocenters. The molecule has 0 aromatic heterocycles. The highest BCUT2D eigenvalue weighted by atomic mass is 35.5. The fourth-order valence-electron chi connectivity index (χ4n) is 4.18. The SMILES string of the molecule is COc1ccc(C)cc1S(=O)(=O)N(CC(=O)Nc1ccc(Cl)cc1C(=O)c1ccccc1)c1ccc(C)c(C)c1. The minimum absolute atomic E-state index is 0.0625. The number of sulfonamides is 1. The number of hydrogen-bond donors (Lipinski definition) is 1. The molecule has 4 rings (SSSR count). The van der Waals surface area contributed by atoms with E-state index < -0.39 is 22.5 Å². The average Bonchev–Trinajstić information content (AvgIpc) is 2.94. The van der Waals surface area contributed by atoms with Gasteiger partial charge in [-0.15, -0.1) is 0 Å². The number of methoxy groups -OCH3 is 1. The van der Waals surface area contributed by atoms with Crippen molar-refractivity contribution in [2.45, 2.75) is 25.7 Å². The van der Waals surface area contributed by atoms with Gasteiger partial charge in [-0.25, -0.2) is 8.42 Å². The van der Waals surface area contributed by atoms with Crippen LogP contribution < -0.4 is 14.4 Å². The average molecular weight is 577 g/mol. The van der Waals surface area contributed by atoms with Crippen LogP contribution in [0, 0.1) is 20.8 Å².